The van der Waals surface area contributed by atoms with Crippen molar-refractivity contribution in [3.63, 3.8) is 0 Å². The fourth-order valence-corrected chi connectivity index (χ4v) is 1.54. The Morgan fingerprint density at radius 3 is 2.39 bits per heavy atom. The zero-order valence-corrected chi connectivity index (χ0v) is 10.5. The molecule has 0 aliphatic rings. The van der Waals surface area contributed by atoms with Crippen molar-refractivity contribution in [3.05, 3.63) is 35.4 Å². The Morgan fingerprint density at radius 2 is 1.83 bits per heavy atom. The molecule has 1 rings (SSSR count). The highest BCUT2D eigenvalue weighted by molar-refractivity contribution is 5.29. The van der Waals surface area contributed by atoms with E-state index in [1.807, 2.05) is 6.92 Å². The van der Waals surface area contributed by atoms with Crippen LogP contribution in [0.25, 0.3) is 0 Å². The third-order valence-corrected chi connectivity index (χ3v) is 2.91. The molecular formula is C13H18F3NO. The first-order valence-corrected chi connectivity index (χ1v) is 5.84. The predicted octanol–water partition coefficient (Wildman–Crippen LogP) is 2.96. The summed E-state index contributed by atoms with van der Waals surface area (Å²) in [5.74, 6) is 0. The van der Waals surface area contributed by atoms with Crippen molar-refractivity contribution in [2.24, 2.45) is 0 Å². The monoisotopic (exact) mass is 261 g/mol. The maximum absolute atomic E-state index is 12.7. The topological polar surface area (TPSA) is 32.3 Å². The number of hydrogen-bond donors (Lipinski definition) is 2. The minimum Gasteiger partial charge on any atom is -0.389 e. The maximum atomic E-state index is 12.7. The van der Waals surface area contributed by atoms with Gasteiger partial charge in [0, 0.05) is 13.1 Å². The lowest BCUT2D eigenvalue weighted by atomic mass is 10.0. The Kier molecular flexibility index (Phi) is 4.76. The number of hydrogen-bond acceptors (Lipinski definition) is 2. The van der Waals surface area contributed by atoms with Gasteiger partial charge in [-0.3, -0.25) is 0 Å². The standard InChI is InChI=1S/C13H18F3NO/c1-3-12(2,18)9-17-8-10-6-4-5-7-11(10)13(14,15)16/h4-7,17-18H,3,8-9H2,1-2H3. The van der Waals surface area contributed by atoms with Gasteiger partial charge in [-0.05, 0) is 25.0 Å². The SMILES string of the molecule is CCC(C)(O)CNCc1ccccc1C(F)(F)F. The van der Waals surface area contributed by atoms with Crippen LogP contribution >= 0.6 is 0 Å². The van der Waals surface area contributed by atoms with Gasteiger partial charge in [0.15, 0.2) is 0 Å². The summed E-state index contributed by atoms with van der Waals surface area (Å²) in [5.41, 5.74) is -1.33. The van der Waals surface area contributed by atoms with E-state index < -0.39 is 17.3 Å². The van der Waals surface area contributed by atoms with Gasteiger partial charge >= 0.3 is 6.18 Å². The third-order valence-electron chi connectivity index (χ3n) is 2.91. The smallest absolute Gasteiger partial charge is 0.389 e. The molecule has 18 heavy (non-hydrogen) atoms. The second kappa shape index (κ2) is 5.71. The van der Waals surface area contributed by atoms with E-state index in [-0.39, 0.29) is 18.7 Å². The van der Waals surface area contributed by atoms with Crippen molar-refractivity contribution >= 4 is 0 Å². The number of nitrogens with one attached hydrogen (secondary N) is 1. The first kappa shape index (κ1) is 15.0. The number of alkyl halides is 3. The van der Waals surface area contributed by atoms with Gasteiger partial charge < -0.3 is 10.4 Å². The molecule has 5 heteroatoms. The molecular weight excluding hydrogens is 243 g/mol. The summed E-state index contributed by atoms with van der Waals surface area (Å²) in [6.07, 6.45) is -3.80. The molecule has 0 saturated heterocycles. The van der Waals surface area contributed by atoms with Crippen LogP contribution in [-0.2, 0) is 12.7 Å². The molecule has 102 valence electrons. The zero-order chi connectivity index (χ0) is 13.8. The molecule has 1 aromatic carbocycles. The number of aliphatic hydroxyl groups is 1. The molecule has 0 heterocycles. The maximum Gasteiger partial charge on any atom is 0.416 e. The van der Waals surface area contributed by atoms with Crippen LogP contribution in [-0.4, -0.2) is 17.3 Å². The molecule has 0 amide bonds. The summed E-state index contributed by atoms with van der Waals surface area (Å²) in [6, 6.07) is 5.45. The minimum absolute atomic E-state index is 0.0891. The lowest BCUT2D eigenvalue weighted by molar-refractivity contribution is -0.138. The van der Waals surface area contributed by atoms with Crippen LogP contribution in [0.5, 0.6) is 0 Å². The van der Waals surface area contributed by atoms with Crippen LogP contribution in [0.4, 0.5) is 13.2 Å². The van der Waals surface area contributed by atoms with Crippen molar-refractivity contribution < 1.29 is 18.3 Å². The molecule has 1 unspecified atom stereocenters. The summed E-state index contributed by atoms with van der Waals surface area (Å²) >= 11 is 0. The molecule has 0 radical (unpaired) electrons. The van der Waals surface area contributed by atoms with Crippen LogP contribution < -0.4 is 5.32 Å². The Bertz CT molecular complexity index is 388. The molecule has 0 spiro atoms. The molecule has 0 bridgehead atoms. The molecule has 2 nitrogen and oxygen atoms in total. The lowest BCUT2D eigenvalue weighted by Crippen LogP contribution is -2.37. The van der Waals surface area contributed by atoms with Gasteiger partial charge in [-0.15, -0.1) is 0 Å². The van der Waals surface area contributed by atoms with Crippen LogP contribution in [0.1, 0.15) is 31.4 Å². The van der Waals surface area contributed by atoms with Crippen LogP contribution in [0.2, 0.25) is 0 Å². The van der Waals surface area contributed by atoms with E-state index in [2.05, 4.69) is 5.32 Å². The zero-order valence-electron chi connectivity index (χ0n) is 10.5. The largest absolute Gasteiger partial charge is 0.416 e. The normalized spacial score (nSPS) is 15.4. The van der Waals surface area contributed by atoms with Gasteiger partial charge in [0.1, 0.15) is 0 Å². The first-order chi connectivity index (χ1) is 8.26. The molecule has 2 N–H and O–H groups in total. The lowest BCUT2D eigenvalue weighted by Gasteiger charge is -2.22. The second-order valence-corrected chi connectivity index (χ2v) is 4.61. The van der Waals surface area contributed by atoms with Gasteiger partial charge in [0.25, 0.3) is 0 Å². The van der Waals surface area contributed by atoms with E-state index in [9.17, 15) is 18.3 Å². The fraction of sp³-hybridized carbons (Fsp3) is 0.538. The van der Waals surface area contributed by atoms with Gasteiger partial charge in [0.2, 0.25) is 0 Å². The summed E-state index contributed by atoms with van der Waals surface area (Å²) < 4.78 is 38.1. The van der Waals surface area contributed by atoms with Gasteiger partial charge in [-0.2, -0.15) is 13.2 Å². The predicted molar refractivity (Wildman–Crippen MR) is 64.1 cm³/mol. The van der Waals surface area contributed by atoms with Crippen LogP contribution in [0.15, 0.2) is 24.3 Å². The van der Waals surface area contributed by atoms with E-state index in [1.54, 1.807) is 13.0 Å². The van der Waals surface area contributed by atoms with Gasteiger partial charge in [-0.1, -0.05) is 25.1 Å². The van der Waals surface area contributed by atoms with Crippen molar-refractivity contribution in [1.82, 2.24) is 5.32 Å². The van der Waals surface area contributed by atoms with Crippen LogP contribution in [0.3, 0.4) is 0 Å². The molecule has 0 aliphatic heterocycles. The Balaban J connectivity index is 2.69. The Morgan fingerprint density at radius 1 is 1.22 bits per heavy atom. The quantitative estimate of drug-likeness (QED) is 0.854. The summed E-state index contributed by atoms with van der Waals surface area (Å²) in [4.78, 5) is 0. The van der Waals surface area contributed by atoms with E-state index in [0.29, 0.717) is 6.42 Å². The number of rotatable bonds is 5. The molecule has 0 aliphatic carbocycles. The molecule has 0 saturated carbocycles. The van der Waals surface area contributed by atoms with Crippen molar-refractivity contribution in [3.8, 4) is 0 Å². The minimum atomic E-state index is -4.34. The summed E-state index contributed by atoms with van der Waals surface area (Å²) in [6.45, 7) is 3.82. The number of benzene rings is 1. The average Bonchev–Trinajstić information content (AvgIpc) is 2.28. The molecule has 1 atom stereocenters. The van der Waals surface area contributed by atoms with E-state index in [1.165, 1.54) is 12.1 Å². The summed E-state index contributed by atoms with van der Waals surface area (Å²) in [5, 5.41) is 12.6. The highest BCUT2D eigenvalue weighted by Crippen LogP contribution is 2.31. The van der Waals surface area contributed by atoms with Crippen molar-refractivity contribution in [2.45, 2.75) is 38.6 Å². The fourth-order valence-electron chi connectivity index (χ4n) is 1.54. The average molecular weight is 261 g/mol. The highest BCUT2D eigenvalue weighted by Gasteiger charge is 2.32. The van der Waals surface area contributed by atoms with Gasteiger partial charge in [-0.25, -0.2) is 0 Å². The highest BCUT2D eigenvalue weighted by atomic mass is 19.4. The van der Waals surface area contributed by atoms with Gasteiger partial charge in [0.05, 0.1) is 11.2 Å². The molecule has 1 aromatic rings. The molecule has 0 aromatic heterocycles. The Labute approximate surface area is 105 Å². The van der Waals surface area contributed by atoms with Crippen molar-refractivity contribution in [2.75, 3.05) is 6.54 Å². The van der Waals surface area contributed by atoms with E-state index in [0.717, 1.165) is 6.07 Å². The second-order valence-electron chi connectivity index (χ2n) is 4.61. The summed E-state index contributed by atoms with van der Waals surface area (Å²) in [7, 11) is 0. The third kappa shape index (κ3) is 4.31. The first-order valence-electron chi connectivity index (χ1n) is 5.84. The van der Waals surface area contributed by atoms with E-state index in [4.69, 9.17) is 0 Å². The van der Waals surface area contributed by atoms with Crippen molar-refractivity contribution in [1.29, 1.82) is 0 Å². The van der Waals surface area contributed by atoms with Crippen LogP contribution in [0, 0.1) is 0 Å². The molecule has 0 fully saturated rings. The Hall–Kier alpha value is -1.07. The number of halogens is 3. The van der Waals surface area contributed by atoms with E-state index >= 15 is 0 Å².